The van der Waals surface area contributed by atoms with Crippen LogP contribution in [0.3, 0.4) is 0 Å². The van der Waals surface area contributed by atoms with Gasteiger partial charge in [-0.15, -0.1) is 11.3 Å². The summed E-state index contributed by atoms with van der Waals surface area (Å²) < 4.78 is 11.6. The number of rotatable bonds is 8. The molecule has 256 valence electrons. The lowest BCUT2D eigenvalue weighted by molar-refractivity contribution is -0.129. The quantitative estimate of drug-likeness (QED) is 0.316. The fourth-order valence-corrected chi connectivity index (χ4v) is 7.33. The molecule has 2 unspecified atom stereocenters. The number of ether oxygens (including phenoxy) is 2. The van der Waals surface area contributed by atoms with Gasteiger partial charge < -0.3 is 24.4 Å². The van der Waals surface area contributed by atoms with Crippen LogP contribution in [0.1, 0.15) is 83.5 Å². The van der Waals surface area contributed by atoms with E-state index in [1.165, 1.54) is 11.3 Å². The van der Waals surface area contributed by atoms with E-state index < -0.39 is 35.5 Å². The average Bonchev–Trinajstić information content (AvgIpc) is 3.70. The van der Waals surface area contributed by atoms with Gasteiger partial charge in [-0.3, -0.25) is 9.69 Å². The number of aliphatic hydroxyl groups excluding tert-OH is 1. The van der Waals surface area contributed by atoms with Crippen LogP contribution >= 0.6 is 34.5 Å². The summed E-state index contributed by atoms with van der Waals surface area (Å²) in [4.78, 5) is 52.3. The normalized spacial score (nSPS) is 19.9. The zero-order valence-corrected chi connectivity index (χ0v) is 30.2. The molecule has 0 radical (unpaired) electrons. The second-order valence-corrected chi connectivity index (χ2v) is 16.0. The minimum atomic E-state index is -0.812. The van der Waals surface area contributed by atoms with E-state index in [1.54, 1.807) is 57.4 Å². The molecule has 5 rings (SSSR count). The van der Waals surface area contributed by atoms with Crippen LogP contribution in [0.4, 0.5) is 9.59 Å². The van der Waals surface area contributed by atoms with Crippen LogP contribution in [0.2, 0.25) is 10.0 Å². The third-order valence-corrected chi connectivity index (χ3v) is 9.97. The number of piperazine rings is 1. The molecule has 1 aromatic heterocycles. The van der Waals surface area contributed by atoms with Crippen LogP contribution < -0.4 is 0 Å². The first-order valence-electron chi connectivity index (χ1n) is 16.1. The molecule has 2 bridgehead atoms. The van der Waals surface area contributed by atoms with E-state index in [2.05, 4.69) is 0 Å². The van der Waals surface area contributed by atoms with Crippen molar-refractivity contribution in [1.82, 2.24) is 19.7 Å². The number of fused-ring (bicyclic) bond motifs is 2. The van der Waals surface area contributed by atoms with Gasteiger partial charge in [-0.05, 0) is 85.3 Å². The molecule has 2 aliphatic heterocycles. The lowest BCUT2D eigenvalue weighted by atomic mass is 9.84. The first-order chi connectivity index (χ1) is 22.1. The number of aliphatic hydroxyl groups is 1. The number of nitrogens with zero attached hydrogens (tertiary/aromatic N) is 4. The predicted octanol–water partition coefficient (Wildman–Crippen LogP) is 6.95. The largest absolute Gasteiger partial charge is 0.444 e. The van der Waals surface area contributed by atoms with Crippen molar-refractivity contribution in [3.05, 3.63) is 55.5 Å². The minimum absolute atomic E-state index is 0.0130. The van der Waals surface area contributed by atoms with Crippen LogP contribution in [-0.2, 0) is 27.2 Å². The molecule has 47 heavy (non-hydrogen) atoms. The van der Waals surface area contributed by atoms with Crippen molar-refractivity contribution < 1.29 is 29.0 Å². The Morgan fingerprint density at radius 3 is 2.36 bits per heavy atom. The molecule has 1 saturated heterocycles. The zero-order valence-electron chi connectivity index (χ0n) is 27.8. The van der Waals surface area contributed by atoms with Gasteiger partial charge in [0.2, 0.25) is 0 Å². The molecule has 1 aromatic carbocycles. The Bertz CT molecular complexity index is 1540. The fourth-order valence-electron chi connectivity index (χ4n) is 6.03. The van der Waals surface area contributed by atoms with Crippen molar-refractivity contribution in [1.29, 1.82) is 0 Å². The highest BCUT2D eigenvalue weighted by Crippen LogP contribution is 2.43. The molecule has 2 atom stereocenters. The van der Waals surface area contributed by atoms with E-state index in [-0.39, 0.29) is 38.2 Å². The van der Waals surface area contributed by atoms with Crippen molar-refractivity contribution in [2.75, 3.05) is 19.7 Å². The van der Waals surface area contributed by atoms with Gasteiger partial charge in [0.05, 0.1) is 27.8 Å². The van der Waals surface area contributed by atoms with Gasteiger partial charge in [-0.25, -0.2) is 14.6 Å². The zero-order chi connectivity index (χ0) is 34.3. The molecule has 13 heteroatoms. The monoisotopic (exact) mass is 706 g/mol. The van der Waals surface area contributed by atoms with Gasteiger partial charge in [-0.2, -0.15) is 0 Å². The number of halogens is 2. The maximum Gasteiger partial charge on any atom is 0.411 e. The van der Waals surface area contributed by atoms with Crippen molar-refractivity contribution in [3.63, 3.8) is 0 Å². The first-order valence-corrected chi connectivity index (χ1v) is 17.7. The number of aromatic nitrogens is 1. The van der Waals surface area contributed by atoms with Crippen molar-refractivity contribution >= 4 is 58.2 Å². The third kappa shape index (κ3) is 8.42. The van der Waals surface area contributed by atoms with Crippen molar-refractivity contribution in [3.8, 4) is 0 Å². The Hall–Kier alpha value is -2.86. The molecule has 3 heterocycles. The van der Waals surface area contributed by atoms with Crippen molar-refractivity contribution in [2.45, 2.75) is 110 Å². The van der Waals surface area contributed by atoms with E-state index in [0.717, 1.165) is 29.7 Å². The van der Waals surface area contributed by atoms with Gasteiger partial charge >= 0.3 is 12.2 Å². The third-order valence-electron chi connectivity index (χ3n) is 8.16. The Morgan fingerprint density at radius 1 is 1.04 bits per heavy atom. The molecule has 2 aromatic rings. The molecule has 10 nitrogen and oxygen atoms in total. The first kappa shape index (κ1) is 35.4. The molecule has 0 spiro atoms. The molecule has 1 aliphatic carbocycles. The van der Waals surface area contributed by atoms with Crippen LogP contribution in [0.25, 0.3) is 5.57 Å². The summed E-state index contributed by atoms with van der Waals surface area (Å²) in [6.45, 7) is 11.4. The number of aryl methyl sites for hydroxylation is 1. The highest BCUT2D eigenvalue weighted by atomic mass is 35.5. The van der Waals surface area contributed by atoms with Gasteiger partial charge in [0, 0.05) is 48.8 Å². The lowest BCUT2D eigenvalue weighted by Crippen LogP contribution is -2.66. The Labute approximate surface area is 290 Å². The number of hydrogen-bond donors (Lipinski definition) is 1. The van der Waals surface area contributed by atoms with Crippen LogP contribution in [-0.4, -0.2) is 91.9 Å². The fraction of sp³-hybridized carbons (Fsp3) is 0.588. The van der Waals surface area contributed by atoms with Crippen LogP contribution in [0.15, 0.2) is 29.2 Å². The molecular formula is C34H44Cl2N4O6S. The van der Waals surface area contributed by atoms with Gasteiger partial charge in [0.25, 0.3) is 5.91 Å². The summed E-state index contributed by atoms with van der Waals surface area (Å²) in [6, 6.07) is 4.07. The topological polar surface area (TPSA) is 113 Å². The van der Waals surface area contributed by atoms with Crippen LogP contribution in [0, 0.1) is 0 Å². The second-order valence-electron chi connectivity index (χ2n) is 14.4. The summed E-state index contributed by atoms with van der Waals surface area (Å²) in [5, 5.41) is 12.8. The molecule has 3 amide bonds. The van der Waals surface area contributed by atoms with E-state index in [1.807, 2.05) is 22.4 Å². The number of thiazole rings is 1. The minimum Gasteiger partial charge on any atom is -0.444 e. The second kappa shape index (κ2) is 13.9. The number of carbonyl (C=O) groups excluding carboxylic acids is 3. The van der Waals surface area contributed by atoms with Gasteiger partial charge in [-0.1, -0.05) is 35.3 Å². The van der Waals surface area contributed by atoms with Gasteiger partial charge in [0.1, 0.15) is 16.2 Å². The number of benzene rings is 1. The Kier molecular flexibility index (Phi) is 10.5. The number of hydrogen-bond acceptors (Lipinski definition) is 8. The summed E-state index contributed by atoms with van der Waals surface area (Å²) in [5.74, 6) is -0.242. The Morgan fingerprint density at radius 2 is 1.72 bits per heavy atom. The molecule has 2 fully saturated rings. The number of carbonyl (C=O) groups is 3. The summed E-state index contributed by atoms with van der Waals surface area (Å²) in [7, 11) is 0. The summed E-state index contributed by atoms with van der Waals surface area (Å²) in [6.07, 6.45) is 2.10. The van der Waals surface area contributed by atoms with Gasteiger partial charge in [0.15, 0.2) is 0 Å². The SMILES string of the molecule is CC(C)(C)OC(=O)N1CC2CC(c3nc(CCCO)cs3)=C(C(=O)N(Cc3cccc(Cl)c3Cl)C3CC3)C(C1)N2C(=O)OC(C)(C)C. The van der Waals surface area contributed by atoms with Crippen molar-refractivity contribution in [2.24, 2.45) is 0 Å². The highest BCUT2D eigenvalue weighted by Gasteiger charge is 2.51. The molecule has 1 N–H and O–H groups in total. The molecular weight excluding hydrogens is 663 g/mol. The van der Waals surface area contributed by atoms with E-state index in [4.69, 9.17) is 37.7 Å². The maximum absolute atomic E-state index is 15.0. The predicted molar refractivity (Wildman–Crippen MR) is 183 cm³/mol. The average molecular weight is 708 g/mol. The Balaban J connectivity index is 1.63. The maximum atomic E-state index is 15.0. The highest BCUT2D eigenvalue weighted by molar-refractivity contribution is 7.10. The summed E-state index contributed by atoms with van der Waals surface area (Å²) in [5.41, 5.74) is 1.23. The lowest BCUT2D eigenvalue weighted by Gasteiger charge is -2.50. The van der Waals surface area contributed by atoms with E-state index in [9.17, 15) is 14.7 Å². The van der Waals surface area contributed by atoms with E-state index >= 15 is 4.79 Å². The molecule has 3 aliphatic rings. The van der Waals surface area contributed by atoms with Crippen LogP contribution in [0.5, 0.6) is 0 Å². The van der Waals surface area contributed by atoms with E-state index in [0.29, 0.717) is 39.9 Å². The summed E-state index contributed by atoms with van der Waals surface area (Å²) >= 11 is 14.4. The smallest absolute Gasteiger partial charge is 0.411 e. The standard InChI is InChI=1S/C34H44Cl2N4O6S/c1-33(2,3)45-31(43)38-17-23-15-24(29-37-21(19-47-29)10-8-14-41)27(26(18-38)40(23)32(44)46-34(4,5)6)30(42)39(22-12-13-22)16-20-9-7-11-25(35)28(20)36/h7,9,11,19,22-23,26,41H,8,10,12-18H2,1-6H3. The number of amides is 3. The molecule has 1 saturated carbocycles.